The number of hydrogen-bond donors (Lipinski definition) is 1. The Hall–Kier alpha value is -3.96. The van der Waals surface area contributed by atoms with Gasteiger partial charge in [-0.2, -0.15) is 0 Å². The molecular weight excluding hydrogens is 775 g/mol. The predicted molar refractivity (Wildman–Crippen MR) is 219 cm³/mol. The minimum atomic E-state index is -1.27. The summed E-state index contributed by atoms with van der Waals surface area (Å²) in [6.07, 6.45) is 1.76. The van der Waals surface area contributed by atoms with Crippen LogP contribution in [0.4, 0.5) is 4.79 Å². The number of nitrogens with zero attached hydrogens (tertiary/aromatic N) is 5. The zero-order valence-electron chi connectivity index (χ0n) is 37.0. The number of aryl methyl sites for hydroxylation is 1. The third-order valence-corrected chi connectivity index (χ3v) is 12.8. The number of ketones is 1. The van der Waals surface area contributed by atoms with Crippen LogP contribution in [0.25, 0.3) is 0 Å². The van der Waals surface area contributed by atoms with Crippen molar-refractivity contribution < 1.29 is 52.7 Å². The number of carbonyl (C=O) groups excluding carboxylic acids is 4. The van der Waals surface area contributed by atoms with E-state index in [2.05, 4.69) is 9.97 Å². The summed E-state index contributed by atoms with van der Waals surface area (Å²) in [5.41, 5.74) is -0.787. The number of imidazole rings is 1. The summed E-state index contributed by atoms with van der Waals surface area (Å²) < 4.78 is 39.8. The Kier molecular flexibility index (Phi) is 16.3. The van der Waals surface area contributed by atoms with E-state index < -0.39 is 90.2 Å². The van der Waals surface area contributed by atoms with Gasteiger partial charge in [-0.05, 0) is 71.7 Å². The van der Waals surface area contributed by atoms with E-state index in [0.29, 0.717) is 31.8 Å². The SMILES string of the molecule is CCC1OC(=O)C(C)C(OC(=O)Cc2ccccn2)C(C)C(OC2OC[C@H](C)[C@H](N(C)C)[C@H]2O)C(C)(OC)CC(C)C(=O)C(C)C2C1OC(=O)N2CCCCn1ccnc1. The van der Waals surface area contributed by atoms with Crippen molar-refractivity contribution in [1.82, 2.24) is 24.3 Å². The molecule has 60 heavy (non-hydrogen) atoms. The predicted octanol–water partition coefficient (Wildman–Crippen LogP) is 4.32. The van der Waals surface area contributed by atoms with E-state index in [1.54, 1.807) is 62.6 Å². The van der Waals surface area contributed by atoms with Gasteiger partial charge in [0.1, 0.15) is 24.1 Å². The molecule has 16 heteroatoms. The standard InChI is InChI=1S/C44H67N5O11/c1-11-32-39-35(49(43(54)59-39)20-15-14-19-48-21-18-45-25-48)28(4)36(51)26(2)23-44(7,55-10)40(60-42-37(52)34(47(8)9)27(3)24-56-42)29(5)38(30(6)41(53)57-32)58-33(50)22-31-16-12-13-17-46-31/h12-13,16-18,21,25-30,32,34-35,37-40,42,52H,11,14-15,19-20,22-24H2,1-10H3/t26?,27-,28?,29?,30?,32?,34-,35?,37+,38?,39?,40?,42?,44?/m0/s1. The third kappa shape index (κ3) is 10.7. The lowest BCUT2D eigenvalue weighted by Gasteiger charge is -2.48. The lowest BCUT2D eigenvalue weighted by Crippen LogP contribution is -2.61. The molecule has 0 saturated carbocycles. The lowest BCUT2D eigenvalue weighted by molar-refractivity contribution is -0.296. The molecule has 2 aromatic heterocycles. The number of fused-ring (bicyclic) bond motifs is 1. The summed E-state index contributed by atoms with van der Waals surface area (Å²) in [5.74, 6) is -4.68. The van der Waals surface area contributed by atoms with Crippen molar-refractivity contribution in [3.63, 3.8) is 0 Å². The summed E-state index contributed by atoms with van der Waals surface area (Å²) >= 11 is 0. The van der Waals surface area contributed by atoms with Gasteiger partial charge in [0, 0.05) is 62.6 Å². The largest absolute Gasteiger partial charge is 0.461 e. The van der Waals surface area contributed by atoms with Crippen LogP contribution in [0.3, 0.4) is 0 Å². The number of aliphatic hydroxyl groups is 1. The maximum atomic E-state index is 14.7. The number of pyridine rings is 1. The smallest absolute Gasteiger partial charge is 0.410 e. The normalized spacial score (nSPS) is 35.7. The first-order valence-corrected chi connectivity index (χ1v) is 21.4. The molecule has 16 nitrogen and oxygen atoms in total. The number of aromatic nitrogens is 3. The van der Waals surface area contributed by atoms with Crippen LogP contribution in [-0.4, -0.2) is 142 Å². The average Bonchev–Trinajstić information content (AvgIpc) is 3.86. The molecule has 334 valence electrons. The number of Topliss-reactive ketones (excluding diaryl/α,β-unsaturated/α-hetero) is 1. The van der Waals surface area contributed by atoms with Crippen molar-refractivity contribution in [3.05, 3.63) is 48.8 Å². The van der Waals surface area contributed by atoms with Gasteiger partial charge in [-0.15, -0.1) is 0 Å². The second-order valence-corrected chi connectivity index (χ2v) is 17.5. The van der Waals surface area contributed by atoms with E-state index in [9.17, 15) is 24.3 Å². The Labute approximate surface area is 354 Å². The Morgan fingerprint density at radius 1 is 1.03 bits per heavy atom. The minimum absolute atomic E-state index is 0.0164. The van der Waals surface area contributed by atoms with Crippen LogP contribution in [0.15, 0.2) is 43.1 Å². The molecule has 1 amide bonds. The average molecular weight is 842 g/mol. The fourth-order valence-electron chi connectivity index (χ4n) is 9.58. The highest BCUT2D eigenvalue weighted by molar-refractivity contribution is 5.85. The second kappa shape index (κ2) is 20.7. The monoisotopic (exact) mass is 841 g/mol. The highest BCUT2D eigenvalue weighted by Gasteiger charge is 2.54. The molecule has 3 aliphatic heterocycles. The molecule has 0 aromatic carbocycles. The number of aliphatic hydroxyl groups excluding tert-OH is 1. The summed E-state index contributed by atoms with van der Waals surface area (Å²) in [4.78, 5) is 68.6. The van der Waals surface area contributed by atoms with Gasteiger partial charge < -0.3 is 47.9 Å². The number of likely N-dealkylation sites (N-methyl/N-ethyl adjacent to an activating group) is 1. The first-order chi connectivity index (χ1) is 28.5. The van der Waals surface area contributed by atoms with Gasteiger partial charge in [0.15, 0.2) is 12.4 Å². The molecule has 0 radical (unpaired) electrons. The van der Waals surface area contributed by atoms with E-state index in [1.807, 2.05) is 57.5 Å². The molecule has 0 aliphatic carbocycles. The number of cyclic esters (lactones) is 1. The summed E-state index contributed by atoms with van der Waals surface area (Å²) in [5, 5.41) is 11.7. The molecule has 5 rings (SSSR count). The minimum Gasteiger partial charge on any atom is -0.461 e. The van der Waals surface area contributed by atoms with Crippen molar-refractivity contribution in [2.45, 2.75) is 142 Å². The molecule has 3 aliphatic rings. The molecule has 1 N–H and O–H groups in total. The van der Waals surface area contributed by atoms with Gasteiger partial charge in [-0.1, -0.05) is 40.7 Å². The van der Waals surface area contributed by atoms with Crippen molar-refractivity contribution in [1.29, 1.82) is 0 Å². The van der Waals surface area contributed by atoms with E-state index in [-0.39, 0.29) is 37.0 Å². The van der Waals surface area contributed by atoms with E-state index in [4.69, 9.17) is 28.4 Å². The van der Waals surface area contributed by atoms with E-state index in [1.165, 1.54) is 7.11 Å². The highest BCUT2D eigenvalue weighted by atomic mass is 16.7. The van der Waals surface area contributed by atoms with Crippen molar-refractivity contribution in [2.75, 3.05) is 34.4 Å². The molecule has 3 fully saturated rings. The van der Waals surface area contributed by atoms with Gasteiger partial charge in [0.2, 0.25) is 0 Å². The first kappa shape index (κ1) is 47.1. The van der Waals surface area contributed by atoms with Crippen LogP contribution in [0, 0.1) is 29.6 Å². The summed E-state index contributed by atoms with van der Waals surface area (Å²) in [6, 6.07) is 4.18. The van der Waals surface area contributed by atoms with Crippen molar-refractivity contribution in [2.24, 2.45) is 29.6 Å². The number of amides is 1. The molecular formula is C44H67N5O11. The number of methoxy groups -OCH3 is 1. The second-order valence-electron chi connectivity index (χ2n) is 17.5. The fourth-order valence-corrected chi connectivity index (χ4v) is 9.58. The van der Waals surface area contributed by atoms with Gasteiger partial charge >= 0.3 is 18.0 Å². The van der Waals surface area contributed by atoms with Crippen molar-refractivity contribution >= 4 is 23.8 Å². The van der Waals surface area contributed by atoms with Gasteiger partial charge in [-0.25, -0.2) is 9.78 Å². The van der Waals surface area contributed by atoms with Gasteiger partial charge in [-0.3, -0.25) is 19.4 Å². The van der Waals surface area contributed by atoms with Crippen molar-refractivity contribution in [3.8, 4) is 0 Å². The molecule has 0 spiro atoms. The number of esters is 2. The Morgan fingerprint density at radius 2 is 1.77 bits per heavy atom. The molecule has 2 aromatic rings. The molecule has 0 bridgehead atoms. The van der Waals surface area contributed by atoms with Crippen LogP contribution >= 0.6 is 0 Å². The third-order valence-electron chi connectivity index (χ3n) is 12.8. The van der Waals surface area contributed by atoms with Crippen LogP contribution in [0.1, 0.15) is 79.8 Å². The number of hydrogen-bond acceptors (Lipinski definition) is 14. The number of carbonyl (C=O) groups is 4. The zero-order chi connectivity index (χ0) is 43.9. The maximum Gasteiger partial charge on any atom is 0.410 e. The molecule has 3 saturated heterocycles. The Balaban J connectivity index is 1.54. The van der Waals surface area contributed by atoms with Gasteiger partial charge in [0.25, 0.3) is 0 Å². The summed E-state index contributed by atoms with van der Waals surface area (Å²) in [7, 11) is 5.29. The fraction of sp³-hybridized carbons (Fsp3) is 0.727. The van der Waals surface area contributed by atoms with E-state index >= 15 is 0 Å². The summed E-state index contributed by atoms with van der Waals surface area (Å²) in [6.45, 7) is 14.0. The topological polar surface area (TPSA) is 181 Å². The first-order valence-electron chi connectivity index (χ1n) is 21.4. The van der Waals surface area contributed by atoms with Crippen LogP contribution in [-0.2, 0) is 55.8 Å². The van der Waals surface area contributed by atoms with Crippen LogP contribution in [0.5, 0.6) is 0 Å². The maximum absolute atomic E-state index is 14.7. The van der Waals surface area contributed by atoms with Gasteiger partial charge in [0.05, 0.1) is 48.7 Å². The zero-order valence-corrected chi connectivity index (χ0v) is 37.0. The van der Waals surface area contributed by atoms with Crippen LogP contribution < -0.4 is 0 Å². The molecule has 14 atom stereocenters. The quantitative estimate of drug-likeness (QED) is 0.171. The number of rotatable bonds is 13. The Morgan fingerprint density at radius 3 is 2.40 bits per heavy atom. The lowest BCUT2D eigenvalue weighted by atomic mass is 9.74. The van der Waals surface area contributed by atoms with E-state index in [0.717, 1.165) is 6.42 Å². The molecule has 11 unspecified atom stereocenters. The Bertz CT molecular complexity index is 1710. The highest BCUT2D eigenvalue weighted by Crippen LogP contribution is 2.40. The number of unbranched alkanes of at least 4 members (excludes halogenated alkanes) is 1. The molecule has 5 heterocycles. The number of ether oxygens (including phenoxy) is 6. The van der Waals surface area contributed by atoms with Crippen LogP contribution in [0.2, 0.25) is 0 Å².